The Balaban J connectivity index is 1.26. The Kier molecular flexibility index (Phi) is 7.69. The summed E-state index contributed by atoms with van der Waals surface area (Å²) in [6, 6.07) is 9.47. The highest BCUT2D eigenvalue weighted by atomic mass is 16.5. The van der Waals surface area contributed by atoms with Gasteiger partial charge in [0.2, 0.25) is 0 Å². The van der Waals surface area contributed by atoms with Crippen molar-refractivity contribution in [1.82, 2.24) is 0 Å². The molecule has 0 amide bonds. The lowest BCUT2D eigenvalue weighted by molar-refractivity contribution is -0.0637. The van der Waals surface area contributed by atoms with E-state index in [1.807, 2.05) is 30.3 Å². The van der Waals surface area contributed by atoms with Gasteiger partial charge in [0.25, 0.3) is 0 Å². The van der Waals surface area contributed by atoms with Crippen LogP contribution in [0.5, 0.6) is 0 Å². The highest BCUT2D eigenvalue weighted by Crippen LogP contribution is 2.67. The van der Waals surface area contributed by atoms with Crippen LogP contribution in [0, 0.1) is 52.3 Å². The molecule has 0 saturated heterocycles. The van der Waals surface area contributed by atoms with Gasteiger partial charge >= 0.3 is 5.97 Å². The molecule has 3 fully saturated rings. The first-order valence-electron chi connectivity index (χ1n) is 15.6. The van der Waals surface area contributed by atoms with Crippen LogP contribution in [0.25, 0.3) is 0 Å². The van der Waals surface area contributed by atoms with E-state index in [2.05, 4.69) is 47.6 Å². The van der Waals surface area contributed by atoms with Crippen LogP contribution in [0.2, 0.25) is 0 Å². The lowest BCUT2D eigenvalue weighted by atomic mass is 9.46. The lowest BCUT2D eigenvalue weighted by Gasteiger charge is -2.59. The zero-order chi connectivity index (χ0) is 26.4. The van der Waals surface area contributed by atoms with Gasteiger partial charge in [0, 0.05) is 0 Å². The Labute approximate surface area is 227 Å². The van der Waals surface area contributed by atoms with E-state index in [1.165, 1.54) is 57.8 Å². The van der Waals surface area contributed by atoms with Crippen LogP contribution in [0.15, 0.2) is 42.0 Å². The number of rotatable bonds is 7. The molecule has 0 unspecified atom stereocenters. The normalized spacial score (nSPS) is 38.7. The van der Waals surface area contributed by atoms with E-state index in [9.17, 15) is 4.79 Å². The van der Waals surface area contributed by atoms with Crippen molar-refractivity contribution in [2.24, 2.45) is 52.3 Å². The second-order valence-corrected chi connectivity index (χ2v) is 14.4. The van der Waals surface area contributed by atoms with E-state index < -0.39 is 0 Å². The minimum absolute atomic E-state index is 0.0638. The number of hydrogen-bond acceptors (Lipinski definition) is 2. The molecule has 0 radical (unpaired) electrons. The molecule has 5 rings (SSSR count). The molecule has 1 aromatic rings. The number of allylic oxidation sites excluding steroid dienone is 1. The topological polar surface area (TPSA) is 26.3 Å². The van der Waals surface area contributed by atoms with Gasteiger partial charge in [0.15, 0.2) is 0 Å². The predicted molar refractivity (Wildman–Crippen MR) is 153 cm³/mol. The first-order valence-corrected chi connectivity index (χ1v) is 15.6. The third-order valence-electron chi connectivity index (χ3n) is 12.3. The fourth-order valence-electron chi connectivity index (χ4n) is 9.60. The van der Waals surface area contributed by atoms with Crippen molar-refractivity contribution in [2.45, 2.75) is 112 Å². The Morgan fingerprint density at radius 2 is 1.68 bits per heavy atom. The monoisotopic (exact) mass is 504 g/mol. The first-order chi connectivity index (χ1) is 17.6. The molecule has 9 atom stereocenters. The molecule has 0 N–H and O–H groups in total. The van der Waals surface area contributed by atoms with Gasteiger partial charge in [-0.25, -0.2) is 4.79 Å². The highest BCUT2D eigenvalue weighted by molar-refractivity contribution is 5.89. The molecule has 3 saturated carbocycles. The van der Waals surface area contributed by atoms with E-state index in [0.717, 1.165) is 47.8 Å². The number of esters is 1. The van der Waals surface area contributed by atoms with Gasteiger partial charge < -0.3 is 4.74 Å². The molecule has 0 spiro atoms. The molecule has 0 heterocycles. The maximum absolute atomic E-state index is 12.7. The van der Waals surface area contributed by atoms with Crippen LogP contribution in [0.3, 0.4) is 0 Å². The molecule has 0 aliphatic heterocycles. The van der Waals surface area contributed by atoms with Crippen LogP contribution in [-0.2, 0) is 4.74 Å². The molecule has 2 heteroatoms. The summed E-state index contributed by atoms with van der Waals surface area (Å²) in [6.07, 6.45) is 15.5. The molecule has 204 valence electrons. The predicted octanol–water partition coefficient (Wildman–Crippen LogP) is 9.50. The third-order valence-corrected chi connectivity index (χ3v) is 12.3. The van der Waals surface area contributed by atoms with Crippen molar-refractivity contribution in [2.75, 3.05) is 0 Å². The van der Waals surface area contributed by atoms with Crippen LogP contribution in [-0.4, -0.2) is 12.1 Å². The van der Waals surface area contributed by atoms with Crippen molar-refractivity contribution in [3.8, 4) is 0 Å². The number of fused-ring (bicyclic) bond motifs is 5. The molecular formula is C35H52O2. The summed E-state index contributed by atoms with van der Waals surface area (Å²) in [4.78, 5) is 12.7. The fourth-order valence-corrected chi connectivity index (χ4v) is 9.60. The van der Waals surface area contributed by atoms with Crippen molar-refractivity contribution < 1.29 is 9.53 Å². The minimum Gasteiger partial charge on any atom is -0.455 e. The van der Waals surface area contributed by atoms with Gasteiger partial charge in [0.1, 0.15) is 6.10 Å². The number of benzene rings is 1. The third kappa shape index (κ3) is 4.96. The Morgan fingerprint density at radius 3 is 2.41 bits per heavy atom. The van der Waals surface area contributed by atoms with E-state index >= 15 is 0 Å². The number of carbonyl (C=O) groups is 1. The number of ether oxygens (including phenoxy) is 1. The van der Waals surface area contributed by atoms with Gasteiger partial charge in [-0.2, -0.15) is 0 Å². The van der Waals surface area contributed by atoms with Crippen molar-refractivity contribution in [1.29, 1.82) is 0 Å². The van der Waals surface area contributed by atoms with Crippen molar-refractivity contribution in [3.05, 3.63) is 47.5 Å². The second kappa shape index (κ2) is 10.5. The first kappa shape index (κ1) is 27.0. The van der Waals surface area contributed by atoms with E-state index in [1.54, 1.807) is 5.57 Å². The van der Waals surface area contributed by atoms with Crippen molar-refractivity contribution >= 4 is 5.97 Å². The maximum atomic E-state index is 12.7. The van der Waals surface area contributed by atoms with Crippen molar-refractivity contribution in [3.63, 3.8) is 0 Å². The summed E-state index contributed by atoms with van der Waals surface area (Å²) in [5.74, 6) is 5.84. The van der Waals surface area contributed by atoms with E-state index in [0.29, 0.717) is 16.4 Å². The summed E-state index contributed by atoms with van der Waals surface area (Å²) < 4.78 is 5.97. The largest absolute Gasteiger partial charge is 0.455 e. The second-order valence-electron chi connectivity index (χ2n) is 14.4. The summed E-state index contributed by atoms with van der Waals surface area (Å²) in [5, 5.41) is 0. The summed E-state index contributed by atoms with van der Waals surface area (Å²) in [7, 11) is 0. The summed E-state index contributed by atoms with van der Waals surface area (Å²) >= 11 is 0. The van der Waals surface area contributed by atoms with E-state index in [-0.39, 0.29) is 12.1 Å². The fraction of sp³-hybridized carbons (Fsp3) is 0.743. The molecule has 37 heavy (non-hydrogen) atoms. The molecule has 1 aromatic carbocycles. The quantitative estimate of drug-likeness (QED) is 0.273. The standard InChI is InChI=1S/C35H52O2/c1-23(2)24(3)12-13-25(4)30-16-17-31-29-15-14-27-22-28(37-33(36)26-10-8-7-9-11-26)18-20-34(27,5)32(29)19-21-35(30,31)6/h7-11,22-25,28-32H,12-21H2,1-6H3/t24-,25+,28-,29+,30-,31+,32+,34-,35-/m0/s1. The molecule has 0 aromatic heterocycles. The van der Waals surface area contributed by atoms with Gasteiger partial charge in [-0.1, -0.05) is 78.2 Å². The average Bonchev–Trinajstić information content (AvgIpc) is 3.25. The average molecular weight is 505 g/mol. The van der Waals surface area contributed by atoms with Crippen LogP contribution in [0.4, 0.5) is 0 Å². The van der Waals surface area contributed by atoms with Gasteiger partial charge in [-0.3, -0.25) is 0 Å². The molecule has 4 aliphatic carbocycles. The van der Waals surface area contributed by atoms with Gasteiger partial charge in [-0.15, -0.1) is 0 Å². The molecule has 4 aliphatic rings. The molecule has 0 bridgehead atoms. The molecular weight excluding hydrogens is 452 g/mol. The summed E-state index contributed by atoms with van der Waals surface area (Å²) in [6.45, 7) is 15.1. The highest BCUT2D eigenvalue weighted by Gasteiger charge is 2.59. The smallest absolute Gasteiger partial charge is 0.338 e. The number of carbonyl (C=O) groups excluding carboxylic acids is 1. The van der Waals surface area contributed by atoms with Crippen LogP contribution < -0.4 is 0 Å². The van der Waals surface area contributed by atoms with Gasteiger partial charge in [-0.05, 0) is 122 Å². The molecule has 2 nitrogen and oxygen atoms in total. The Morgan fingerprint density at radius 1 is 0.919 bits per heavy atom. The summed E-state index contributed by atoms with van der Waals surface area (Å²) in [5.41, 5.74) is 3.10. The lowest BCUT2D eigenvalue weighted by Crippen LogP contribution is -2.51. The maximum Gasteiger partial charge on any atom is 0.338 e. The minimum atomic E-state index is -0.179. The number of hydrogen-bond donors (Lipinski definition) is 0. The van der Waals surface area contributed by atoms with Crippen LogP contribution >= 0.6 is 0 Å². The van der Waals surface area contributed by atoms with Crippen LogP contribution in [0.1, 0.15) is 116 Å². The SMILES string of the molecule is CC(C)[C@@H](C)CC[C@@H](C)[C@@H]1CC[C@@H]2[C@H]3CCC4=C[C@@H](OC(=O)c5ccccc5)CC[C@]4(C)[C@@H]3CC[C@]21C. The Bertz CT molecular complexity index is 978. The zero-order valence-corrected chi connectivity index (χ0v) is 24.5. The van der Waals surface area contributed by atoms with E-state index in [4.69, 9.17) is 4.74 Å². The van der Waals surface area contributed by atoms with Gasteiger partial charge in [0.05, 0.1) is 5.56 Å². The Hall–Kier alpha value is -1.57. The zero-order valence-electron chi connectivity index (χ0n) is 24.5.